The number of nitrogens with zero attached hydrogens (tertiary/aromatic N) is 1. The monoisotopic (exact) mass is 353 g/mol. The summed E-state index contributed by atoms with van der Waals surface area (Å²) in [4.78, 5) is 2.07. The van der Waals surface area contributed by atoms with Gasteiger partial charge in [-0.15, -0.1) is 0 Å². The first kappa shape index (κ1) is 16.6. The van der Waals surface area contributed by atoms with Gasteiger partial charge in [0.1, 0.15) is 10.7 Å². The molecular formula is C11H20BrN3O3S. The van der Waals surface area contributed by atoms with Crippen LogP contribution >= 0.6 is 15.9 Å². The second kappa shape index (κ2) is 6.85. The zero-order valence-electron chi connectivity index (χ0n) is 11.5. The predicted octanol–water partition coefficient (Wildman–Crippen LogP) is 0.990. The summed E-state index contributed by atoms with van der Waals surface area (Å²) in [7, 11) is 2.00. The molecule has 6 nitrogen and oxygen atoms in total. The van der Waals surface area contributed by atoms with E-state index >= 15 is 0 Å². The van der Waals surface area contributed by atoms with Crippen molar-refractivity contribution in [1.29, 1.82) is 0 Å². The molecule has 0 radical (unpaired) electrons. The maximum atomic E-state index is 12.2. The number of sulfonamides is 1. The number of rotatable bonds is 7. The molecule has 0 spiro atoms. The van der Waals surface area contributed by atoms with Crippen molar-refractivity contribution in [2.24, 2.45) is 0 Å². The predicted molar refractivity (Wildman–Crippen MR) is 77.5 cm³/mol. The maximum absolute atomic E-state index is 12.2. The number of hydrogen-bond acceptors (Lipinski definition) is 5. The van der Waals surface area contributed by atoms with E-state index in [1.54, 1.807) is 7.05 Å². The van der Waals surface area contributed by atoms with Gasteiger partial charge in [0, 0.05) is 18.7 Å². The van der Waals surface area contributed by atoms with Crippen LogP contribution in [0, 0.1) is 0 Å². The normalized spacial score (nSPS) is 14.0. The molecule has 1 unspecified atom stereocenters. The van der Waals surface area contributed by atoms with Gasteiger partial charge in [-0.1, -0.05) is 0 Å². The molecule has 1 atom stereocenters. The first-order chi connectivity index (χ1) is 8.77. The van der Waals surface area contributed by atoms with Gasteiger partial charge in [0.2, 0.25) is 10.0 Å². The van der Waals surface area contributed by atoms with Gasteiger partial charge in [-0.3, -0.25) is 0 Å². The lowest BCUT2D eigenvalue weighted by Crippen LogP contribution is -2.38. The molecule has 8 heteroatoms. The molecule has 0 aliphatic carbocycles. The van der Waals surface area contributed by atoms with Gasteiger partial charge in [0.05, 0.1) is 6.54 Å². The Kier molecular flexibility index (Phi) is 6.00. The van der Waals surface area contributed by atoms with Gasteiger partial charge in [0.15, 0.2) is 4.67 Å². The molecular weight excluding hydrogens is 334 g/mol. The third-order valence-electron chi connectivity index (χ3n) is 2.80. The number of halogens is 1. The standard InChI is InChI=1S/C11H20BrN3O3S/c1-8(15(3)4)6-14-19(16,17)10-5-9(7-13-2)18-11(10)12/h5,8,13-14H,6-7H2,1-4H3. The SMILES string of the molecule is CNCc1cc(S(=O)(=O)NCC(C)N(C)C)c(Br)o1. The number of nitrogens with one attached hydrogen (secondary N) is 2. The molecule has 0 bridgehead atoms. The molecule has 2 N–H and O–H groups in total. The fourth-order valence-corrected chi connectivity index (χ4v) is 3.45. The van der Waals surface area contributed by atoms with E-state index in [0.717, 1.165) is 0 Å². The highest BCUT2D eigenvalue weighted by Gasteiger charge is 2.23. The first-order valence-corrected chi connectivity index (χ1v) is 8.14. The van der Waals surface area contributed by atoms with Gasteiger partial charge in [-0.25, -0.2) is 13.1 Å². The van der Waals surface area contributed by atoms with Crippen LogP contribution in [0.25, 0.3) is 0 Å². The van der Waals surface area contributed by atoms with Gasteiger partial charge >= 0.3 is 0 Å². The molecule has 1 rings (SSSR count). The third kappa shape index (κ3) is 4.57. The molecule has 0 aromatic carbocycles. The summed E-state index contributed by atoms with van der Waals surface area (Å²) in [5, 5.41) is 2.90. The van der Waals surface area contributed by atoms with Crippen LogP contribution in [-0.2, 0) is 16.6 Å². The van der Waals surface area contributed by atoms with E-state index in [-0.39, 0.29) is 15.6 Å². The van der Waals surface area contributed by atoms with E-state index in [4.69, 9.17) is 4.42 Å². The topological polar surface area (TPSA) is 74.6 Å². The minimum atomic E-state index is -3.56. The number of furan rings is 1. The molecule has 0 saturated carbocycles. The quantitative estimate of drug-likeness (QED) is 0.764. The Labute approximate surface area is 122 Å². The van der Waals surface area contributed by atoms with Crippen molar-refractivity contribution in [2.45, 2.75) is 24.4 Å². The van der Waals surface area contributed by atoms with E-state index in [9.17, 15) is 8.42 Å². The lowest BCUT2D eigenvalue weighted by atomic mass is 10.3. The van der Waals surface area contributed by atoms with Crippen LogP contribution in [-0.4, -0.2) is 47.0 Å². The van der Waals surface area contributed by atoms with Crippen molar-refractivity contribution < 1.29 is 12.8 Å². The summed E-state index contributed by atoms with van der Waals surface area (Å²) in [6.45, 7) is 2.76. The summed E-state index contributed by atoms with van der Waals surface area (Å²) in [6, 6.07) is 1.63. The lowest BCUT2D eigenvalue weighted by Gasteiger charge is -2.19. The third-order valence-corrected chi connectivity index (χ3v) is 5.08. The highest BCUT2D eigenvalue weighted by molar-refractivity contribution is 9.10. The van der Waals surface area contributed by atoms with Crippen LogP contribution in [0.3, 0.4) is 0 Å². The van der Waals surface area contributed by atoms with Gasteiger partial charge in [-0.2, -0.15) is 0 Å². The first-order valence-electron chi connectivity index (χ1n) is 5.87. The van der Waals surface area contributed by atoms with E-state index in [1.807, 2.05) is 25.9 Å². The Balaban J connectivity index is 2.82. The van der Waals surface area contributed by atoms with E-state index in [2.05, 4.69) is 26.0 Å². The Bertz CT molecular complexity index is 513. The van der Waals surface area contributed by atoms with E-state index in [1.165, 1.54) is 6.07 Å². The summed E-state index contributed by atoms with van der Waals surface area (Å²) >= 11 is 3.13. The lowest BCUT2D eigenvalue weighted by molar-refractivity contribution is 0.314. The maximum Gasteiger partial charge on any atom is 0.245 e. The van der Waals surface area contributed by atoms with E-state index < -0.39 is 10.0 Å². The fourth-order valence-electron chi connectivity index (χ4n) is 1.33. The second-order valence-electron chi connectivity index (χ2n) is 4.55. The molecule has 1 heterocycles. The minimum Gasteiger partial charge on any atom is -0.452 e. The molecule has 0 aliphatic heterocycles. The van der Waals surface area contributed by atoms with Crippen molar-refractivity contribution in [1.82, 2.24) is 14.9 Å². The van der Waals surface area contributed by atoms with Crippen molar-refractivity contribution >= 4 is 26.0 Å². The highest BCUT2D eigenvalue weighted by atomic mass is 79.9. The van der Waals surface area contributed by atoms with Crippen LogP contribution in [0.1, 0.15) is 12.7 Å². The molecule has 0 saturated heterocycles. The molecule has 1 aromatic heterocycles. The van der Waals surface area contributed by atoms with Crippen molar-refractivity contribution in [3.05, 3.63) is 16.5 Å². The molecule has 0 amide bonds. The molecule has 0 fully saturated rings. The number of likely N-dealkylation sites (N-methyl/N-ethyl adjacent to an activating group) is 1. The Morgan fingerprint density at radius 2 is 2.11 bits per heavy atom. The zero-order valence-corrected chi connectivity index (χ0v) is 13.9. The average Bonchev–Trinajstić information content (AvgIpc) is 2.68. The fraction of sp³-hybridized carbons (Fsp3) is 0.636. The Hall–Kier alpha value is -0.410. The Morgan fingerprint density at radius 3 is 2.63 bits per heavy atom. The van der Waals surface area contributed by atoms with Crippen LogP contribution < -0.4 is 10.0 Å². The van der Waals surface area contributed by atoms with Crippen molar-refractivity contribution in [3.63, 3.8) is 0 Å². The minimum absolute atomic E-state index is 0.109. The summed E-state index contributed by atoms with van der Waals surface area (Å²) in [6.07, 6.45) is 0. The van der Waals surface area contributed by atoms with Gasteiger partial charge < -0.3 is 14.6 Å². The average molecular weight is 354 g/mol. The van der Waals surface area contributed by atoms with E-state index in [0.29, 0.717) is 18.8 Å². The summed E-state index contributed by atoms with van der Waals surface area (Å²) in [5.74, 6) is 0.565. The van der Waals surface area contributed by atoms with Crippen molar-refractivity contribution in [3.8, 4) is 0 Å². The summed E-state index contributed by atoms with van der Waals surface area (Å²) in [5.41, 5.74) is 0. The van der Waals surface area contributed by atoms with Crippen molar-refractivity contribution in [2.75, 3.05) is 27.7 Å². The zero-order chi connectivity index (χ0) is 14.6. The van der Waals surface area contributed by atoms with Crippen LogP contribution in [0.4, 0.5) is 0 Å². The van der Waals surface area contributed by atoms with Crippen LogP contribution in [0.15, 0.2) is 20.0 Å². The molecule has 1 aromatic rings. The van der Waals surface area contributed by atoms with Gasteiger partial charge in [-0.05, 0) is 44.0 Å². The largest absolute Gasteiger partial charge is 0.452 e. The van der Waals surface area contributed by atoms with Gasteiger partial charge in [0.25, 0.3) is 0 Å². The molecule has 19 heavy (non-hydrogen) atoms. The smallest absolute Gasteiger partial charge is 0.245 e. The van der Waals surface area contributed by atoms with Crippen LogP contribution in [0.5, 0.6) is 0 Å². The van der Waals surface area contributed by atoms with Crippen LogP contribution in [0.2, 0.25) is 0 Å². The highest BCUT2D eigenvalue weighted by Crippen LogP contribution is 2.25. The molecule has 110 valence electrons. The second-order valence-corrected chi connectivity index (χ2v) is 7.00. The Morgan fingerprint density at radius 1 is 1.47 bits per heavy atom. The number of hydrogen-bond donors (Lipinski definition) is 2. The molecule has 0 aliphatic rings. The summed E-state index contributed by atoms with van der Waals surface area (Å²) < 4.78 is 32.4.